The van der Waals surface area contributed by atoms with Crippen molar-refractivity contribution in [1.82, 2.24) is 4.98 Å². The summed E-state index contributed by atoms with van der Waals surface area (Å²) in [4.78, 5) is 3.94. The fourth-order valence-electron chi connectivity index (χ4n) is 1.35. The van der Waals surface area contributed by atoms with Gasteiger partial charge in [-0.1, -0.05) is 0 Å². The van der Waals surface area contributed by atoms with E-state index in [0.29, 0.717) is 11.1 Å². The van der Waals surface area contributed by atoms with Crippen LogP contribution in [-0.4, -0.2) is 4.98 Å². The monoisotopic (exact) mass is 205 g/mol. The molecular formula is C12H9F2N. The van der Waals surface area contributed by atoms with E-state index < -0.39 is 0 Å². The van der Waals surface area contributed by atoms with Gasteiger partial charge in [-0.3, -0.25) is 4.98 Å². The first-order chi connectivity index (χ1) is 7.18. The lowest BCUT2D eigenvalue weighted by Gasteiger charge is -2.03. The Morgan fingerprint density at radius 2 is 1.67 bits per heavy atom. The minimum Gasteiger partial charge on any atom is -0.253 e. The summed E-state index contributed by atoms with van der Waals surface area (Å²) in [5.41, 5.74) is 1.37. The maximum atomic E-state index is 13.6. The van der Waals surface area contributed by atoms with Gasteiger partial charge in [0.15, 0.2) is 5.82 Å². The molecule has 0 aliphatic carbocycles. The van der Waals surface area contributed by atoms with Gasteiger partial charge in [-0.05, 0) is 42.8 Å². The Labute approximate surface area is 86.4 Å². The molecule has 1 aromatic carbocycles. The maximum absolute atomic E-state index is 13.6. The Bertz CT molecular complexity index is 477. The van der Waals surface area contributed by atoms with Crippen molar-refractivity contribution >= 4 is 0 Å². The summed E-state index contributed by atoms with van der Waals surface area (Å²) in [5.74, 6) is -0.698. The van der Waals surface area contributed by atoms with Gasteiger partial charge in [0.05, 0.1) is 0 Å². The van der Waals surface area contributed by atoms with Crippen molar-refractivity contribution in [2.45, 2.75) is 6.92 Å². The molecule has 1 nitrogen and oxygen atoms in total. The molecule has 3 heteroatoms. The minimum absolute atomic E-state index is 0.259. The van der Waals surface area contributed by atoms with E-state index in [2.05, 4.69) is 4.98 Å². The third kappa shape index (κ3) is 1.86. The van der Waals surface area contributed by atoms with Crippen LogP contribution in [0.1, 0.15) is 5.56 Å². The highest BCUT2D eigenvalue weighted by Gasteiger charge is 2.08. The second kappa shape index (κ2) is 3.77. The number of aryl methyl sites for hydroxylation is 1. The van der Waals surface area contributed by atoms with Crippen LogP contribution >= 0.6 is 0 Å². The average Bonchev–Trinajstić information content (AvgIpc) is 2.24. The van der Waals surface area contributed by atoms with Crippen LogP contribution in [0.4, 0.5) is 8.78 Å². The zero-order chi connectivity index (χ0) is 10.8. The van der Waals surface area contributed by atoms with E-state index in [1.54, 1.807) is 13.0 Å². The summed E-state index contributed by atoms with van der Waals surface area (Å²) in [6, 6.07) is 7.21. The van der Waals surface area contributed by atoms with Gasteiger partial charge < -0.3 is 0 Å². The standard InChI is InChI=1S/C12H9F2N/c1-8-6-7-15-12(11(8)14)9-2-4-10(13)5-3-9/h2-7H,1H3. The van der Waals surface area contributed by atoms with Gasteiger partial charge in [0.1, 0.15) is 11.5 Å². The number of hydrogen-bond acceptors (Lipinski definition) is 1. The number of nitrogens with zero attached hydrogens (tertiary/aromatic N) is 1. The Morgan fingerprint density at radius 1 is 1.00 bits per heavy atom. The largest absolute Gasteiger partial charge is 0.253 e. The van der Waals surface area contributed by atoms with Gasteiger partial charge >= 0.3 is 0 Å². The molecule has 0 bridgehead atoms. The van der Waals surface area contributed by atoms with Crippen molar-refractivity contribution < 1.29 is 8.78 Å². The highest BCUT2D eigenvalue weighted by molar-refractivity contribution is 5.60. The lowest BCUT2D eigenvalue weighted by Crippen LogP contribution is -1.92. The number of pyridine rings is 1. The first-order valence-electron chi connectivity index (χ1n) is 4.55. The Morgan fingerprint density at radius 3 is 2.33 bits per heavy atom. The lowest BCUT2D eigenvalue weighted by atomic mass is 10.1. The third-order valence-corrected chi connectivity index (χ3v) is 2.20. The van der Waals surface area contributed by atoms with Gasteiger partial charge in [-0.25, -0.2) is 8.78 Å². The smallest absolute Gasteiger partial charge is 0.152 e. The fourth-order valence-corrected chi connectivity index (χ4v) is 1.35. The molecule has 0 fully saturated rings. The van der Waals surface area contributed by atoms with Crippen LogP contribution in [0.25, 0.3) is 11.3 Å². The minimum atomic E-state index is -0.357. The number of hydrogen-bond donors (Lipinski definition) is 0. The molecule has 0 aliphatic heterocycles. The maximum Gasteiger partial charge on any atom is 0.152 e. The molecule has 0 amide bonds. The quantitative estimate of drug-likeness (QED) is 0.695. The van der Waals surface area contributed by atoms with E-state index >= 15 is 0 Å². The van der Waals surface area contributed by atoms with Crippen LogP contribution in [0.5, 0.6) is 0 Å². The molecule has 0 radical (unpaired) electrons. The van der Waals surface area contributed by atoms with Crippen molar-refractivity contribution in [3.8, 4) is 11.3 Å². The molecule has 0 spiro atoms. The molecule has 0 saturated heterocycles. The third-order valence-electron chi connectivity index (χ3n) is 2.20. The summed E-state index contributed by atoms with van der Waals surface area (Å²) >= 11 is 0. The van der Waals surface area contributed by atoms with Crippen molar-refractivity contribution in [3.05, 3.63) is 53.7 Å². The summed E-state index contributed by atoms with van der Waals surface area (Å²) in [7, 11) is 0. The molecule has 2 aromatic rings. The van der Waals surface area contributed by atoms with E-state index in [1.165, 1.54) is 30.5 Å². The van der Waals surface area contributed by atoms with E-state index in [0.717, 1.165) is 0 Å². The molecule has 0 atom stereocenters. The average molecular weight is 205 g/mol. The van der Waals surface area contributed by atoms with E-state index in [4.69, 9.17) is 0 Å². The van der Waals surface area contributed by atoms with E-state index in [9.17, 15) is 8.78 Å². The van der Waals surface area contributed by atoms with E-state index in [-0.39, 0.29) is 17.3 Å². The van der Waals surface area contributed by atoms with Crippen LogP contribution in [0.2, 0.25) is 0 Å². The molecule has 0 aliphatic rings. The van der Waals surface area contributed by atoms with Crippen molar-refractivity contribution in [1.29, 1.82) is 0 Å². The SMILES string of the molecule is Cc1ccnc(-c2ccc(F)cc2)c1F. The van der Waals surface area contributed by atoms with Crippen molar-refractivity contribution in [2.24, 2.45) is 0 Å². The van der Waals surface area contributed by atoms with Gasteiger partial charge in [0.2, 0.25) is 0 Å². The molecule has 76 valence electrons. The van der Waals surface area contributed by atoms with Crippen LogP contribution in [0, 0.1) is 18.6 Å². The second-order valence-electron chi connectivity index (χ2n) is 3.30. The Balaban J connectivity index is 2.54. The normalized spacial score (nSPS) is 10.3. The van der Waals surface area contributed by atoms with Crippen LogP contribution < -0.4 is 0 Å². The molecule has 15 heavy (non-hydrogen) atoms. The molecule has 0 unspecified atom stereocenters. The molecule has 2 rings (SSSR count). The number of halogens is 2. The molecular weight excluding hydrogens is 196 g/mol. The summed E-state index contributed by atoms with van der Waals surface area (Å²) in [6.07, 6.45) is 1.54. The Hall–Kier alpha value is -1.77. The molecule has 1 aromatic heterocycles. The topological polar surface area (TPSA) is 12.9 Å². The van der Waals surface area contributed by atoms with Crippen LogP contribution in [0.15, 0.2) is 36.5 Å². The highest BCUT2D eigenvalue weighted by Crippen LogP contribution is 2.22. The highest BCUT2D eigenvalue weighted by atomic mass is 19.1. The van der Waals surface area contributed by atoms with Gasteiger partial charge in [0, 0.05) is 11.8 Å². The Kier molecular flexibility index (Phi) is 2.46. The van der Waals surface area contributed by atoms with Crippen LogP contribution in [-0.2, 0) is 0 Å². The summed E-state index contributed by atoms with van der Waals surface area (Å²) in [5, 5.41) is 0. The van der Waals surface area contributed by atoms with Gasteiger partial charge in [0.25, 0.3) is 0 Å². The second-order valence-corrected chi connectivity index (χ2v) is 3.30. The van der Waals surface area contributed by atoms with Crippen molar-refractivity contribution in [3.63, 3.8) is 0 Å². The van der Waals surface area contributed by atoms with Crippen LogP contribution in [0.3, 0.4) is 0 Å². The lowest BCUT2D eigenvalue weighted by molar-refractivity contribution is 0.615. The molecule has 0 N–H and O–H groups in total. The van der Waals surface area contributed by atoms with Gasteiger partial charge in [-0.2, -0.15) is 0 Å². The predicted molar refractivity (Wildman–Crippen MR) is 54.3 cm³/mol. The fraction of sp³-hybridized carbons (Fsp3) is 0.0833. The number of rotatable bonds is 1. The predicted octanol–water partition coefficient (Wildman–Crippen LogP) is 3.34. The zero-order valence-electron chi connectivity index (χ0n) is 8.17. The number of benzene rings is 1. The van der Waals surface area contributed by atoms with Gasteiger partial charge in [-0.15, -0.1) is 0 Å². The first kappa shape index (κ1) is 9.77. The molecule has 0 saturated carbocycles. The zero-order valence-corrected chi connectivity index (χ0v) is 8.17. The summed E-state index contributed by atoms with van der Waals surface area (Å²) < 4.78 is 26.3. The van der Waals surface area contributed by atoms with Crippen molar-refractivity contribution in [2.75, 3.05) is 0 Å². The summed E-state index contributed by atoms with van der Waals surface area (Å²) in [6.45, 7) is 1.67. The van der Waals surface area contributed by atoms with E-state index in [1.807, 2.05) is 0 Å². The first-order valence-corrected chi connectivity index (χ1v) is 4.55. The molecule has 1 heterocycles. The number of aromatic nitrogens is 1.